The summed E-state index contributed by atoms with van der Waals surface area (Å²) in [5.41, 5.74) is 2.78. The SMILES string of the molecule is CNC(=O)c1nc(C)c(C)c(N2CC[C@@H](Nc3cc(C)nc(C)n3)C2)n1. The summed E-state index contributed by atoms with van der Waals surface area (Å²) in [6.07, 6.45) is 0.972. The summed E-state index contributed by atoms with van der Waals surface area (Å²) in [6, 6.07) is 2.22. The number of rotatable bonds is 4. The van der Waals surface area contributed by atoms with Crippen LogP contribution in [0.1, 0.15) is 39.8 Å². The van der Waals surface area contributed by atoms with Gasteiger partial charge < -0.3 is 15.5 Å². The molecule has 1 aliphatic rings. The van der Waals surface area contributed by atoms with Crippen molar-refractivity contribution >= 4 is 17.5 Å². The van der Waals surface area contributed by atoms with E-state index in [4.69, 9.17) is 0 Å². The lowest BCUT2D eigenvalue weighted by molar-refractivity contribution is 0.0952. The summed E-state index contributed by atoms with van der Waals surface area (Å²) in [7, 11) is 1.59. The fourth-order valence-corrected chi connectivity index (χ4v) is 3.21. The zero-order chi connectivity index (χ0) is 18.8. The van der Waals surface area contributed by atoms with E-state index in [0.29, 0.717) is 0 Å². The third-order valence-corrected chi connectivity index (χ3v) is 4.60. The average molecular weight is 355 g/mol. The van der Waals surface area contributed by atoms with Crippen LogP contribution in [0, 0.1) is 27.7 Å². The van der Waals surface area contributed by atoms with E-state index in [1.807, 2.05) is 33.8 Å². The molecule has 1 saturated heterocycles. The van der Waals surface area contributed by atoms with Crippen LogP contribution in [-0.2, 0) is 0 Å². The van der Waals surface area contributed by atoms with Crippen LogP contribution in [-0.4, -0.2) is 52.0 Å². The first-order valence-electron chi connectivity index (χ1n) is 8.78. The number of aryl methyl sites for hydroxylation is 3. The number of nitrogens with one attached hydrogen (secondary N) is 2. The van der Waals surface area contributed by atoms with Gasteiger partial charge in [-0.15, -0.1) is 0 Å². The van der Waals surface area contributed by atoms with Crippen LogP contribution < -0.4 is 15.5 Å². The summed E-state index contributed by atoms with van der Waals surface area (Å²) in [5.74, 6) is 2.39. The van der Waals surface area contributed by atoms with E-state index < -0.39 is 0 Å². The summed E-state index contributed by atoms with van der Waals surface area (Å²) in [5, 5.41) is 6.08. The second-order valence-corrected chi connectivity index (χ2v) is 6.68. The van der Waals surface area contributed by atoms with Gasteiger partial charge in [0.25, 0.3) is 5.91 Å². The molecular formula is C18H25N7O. The number of aromatic nitrogens is 4. The van der Waals surface area contributed by atoms with Crippen LogP contribution in [0.15, 0.2) is 6.07 Å². The van der Waals surface area contributed by atoms with Crippen molar-refractivity contribution in [1.82, 2.24) is 25.3 Å². The monoisotopic (exact) mass is 355 g/mol. The Kier molecular flexibility index (Phi) is 5.01. The summed E-state index contributed by atoms with van der Waals surface area (Å²) >= 11 is 0. The maximum atomic E-state index is 11.9. The van der Waals surface area contributed by atoms with Crippen molar-refractivity contribution in [3.8, 4) is 0 Å². The van der Waals surface area contributed by atoms with E-state index in [1.165, 1.54) is 0 Å². The molecule has 0 bridgehead atoms. The maximum Gasteiger partial charge on any atom is 0.288 e. The first-order chi connectivity index (χ1) is 12.4. The van der Waals surface area contributed by atoms with Crippen LogP contribution in [0.4, 0.5) is 11.6 Å². The van der Waals surface area contributed by atoms with E-state index in [1.54, 1.807) is 7.05 Å². The molecule has 1 amide bonds. The smallest absolute Gasteiger partial charge is 0.288 e. The minimum atomic E-state index is -0.268. The summed E-state index contributed by atoms with van der Waals surface area (Å²) in [4.78, 5) is 31.7. The number of anilines is 2. The van der Waals surface area contributed by atoms with Gasteiger partial charge in [0.1, 0.15) is 17.5 Å². The number of hydrogen-bond donors (Lipinski definition) is 2. The predicted molar refractivity (Wildman–Crippen MR) is 101 cm³/mol. The van der Waals surface area contributed by atoms with Crippen molar-refractivity contribution in [3.63, 3.8) is 0 Å². The fourth-order valence-electron chi connectivity index (χ4n) is 3.21. The largest absolute Gasteiger partial charge is 0.365 e. The Balaban J connectivity index is 1.78. The summed E-state index contributed by atoms with van der Waals surface area (Å²) < 4.78 is 0. The van der Waals surface area contributed by atoms with Gasteiger partial charge in [0, 0.05) is 49.2 Å². The molecule has 1 fully saturated rings. The molecule has 1 aliphatic heterocycles. The van der Waals surface area contributed by atoms with E-state index in [-0.39, 0.29) is 17.8 Å². The molecule has 26 heavy (non-hydrogen) atoms. The van der Waals surface area contributed by atoms with Crippen molar-refractivity contribution < 1.29 is 4.79 Å². The molecule has 138 valence electrons. The predicted octanol–water partition coefficient (Wildman–Crippen LogP) is 1.55. The van der Waals surface area contributed by atoms with Crippen LogP contribution in [0.2, 0.25) is 0 Å². The zero-order valence-electron chi connectivity index (χ0n) is 15.9. The molecular weight excluding hydrogens is 330 g/mol. The van der Waals surface area contributed by atoms with Gasteiger partial charge in [-0.1, -0.05) is 0 Å². The molecule has 0 aromatic carbocycles. The maximum absolute atomic E-state index is 11.9. The molecule has 8 heteroatoms. The van der Waals surface area contributed by atoms with Crippen LogP contribution in [0.3, 0.4) is 0 Å². The van der Waals surface area contributed by atoms with Gasteiger partial charge in [0.2, 0.25) is 5.82 Å². The number of carbonyl (C=O) groups excluding carboxylic acids is 1. The van der Waals surface area contributed by atoms with E-state index in [0.717, 1.165) is 53.9 Å². The first kappa shape index (κ1) is 18.0. The number of carbonyl (C=O) groups is 1. The molecule has 3 heterocycles. The number of nitrogens with zero attached hydrogens (tertiary/aromatic N) is 5. The lowest BCUT2D eigenvalue weighted by Gasteiger charge is -2.21. The highest BCUT2D eigenvalue weighted by atomic mass is 16.2. The lowest BCUT2D eigenvalue weighted by Crippen LogP contribution is -2.29. The number of amides is 1. The third kappa shape index (κ3) is 3.74. The molecule has 2 N–H and O–H groups in total. The van der Waals surface area contributed by atoms with E-state index in [2.05, 4.69) is 35.5 Å². The summed E-state index contributed by atoms with van der Waals surface area (Å²) in [6.45, 7) is 9.43. The first-order valence-corrected chi connectivity index (χ1v) is 8.78. The molecule has 0 unspecified atom stereocenters. The van der Waals surface area contributed by atoms with Gasteiger partial charge in [0.05, 0.1) is 0 Å². The quantitative estimate of drug-likeness (QED) is 0.859. The second-order valence-electron chi connectivity index (χ2n) is 6.68. The zero-order valence-corrected chi connectivity index (χ0v) is 15.9. The Labute approximate surface area is 153 Å². The standard InChI is InChI=1S/C18H25N7O/c1-10-8-15(22-13(4)20-10)23-14-6-7-25(9-14)17-11(2)12(3)21-16(24-17)18(26)19-5/h8,14H,6-7,9H2,1-5H3,(H,19,26)(H,20,22,23)/t14-/m1/s1. The van der Waals surface area contributed by atoms with Gasteiger partial charge in [0.15, 0.2) is 0 Å². The van der Waals surface area contributed by atoms with Gasteiger partial charge in [-0.05, 0) is 34.1 Å². The Bertz CT molecular complexity index is 816. The average Bonchev–Trinajstić information content (AvgIpc) is 3.03. The minimum absolute atomic E-state index is 0.212. The van der Waals surface area contributed by atoms with Gasteiger partial charge in [-0.2, -0.15) is 0 Å². The molecule has 3 rings (SSSR count). The highest BCUT2D eigenvalue weighted by molar-refractivity contribution is 5.90. The van der Waals surface area contributed by atoms with Crippen LogP contribution >= 0.6 is 0 Å². The van der Waals surface area contributed by atoms with Crippen LogP contribution in [0.25, 0.3) is 0 Å². The third-order valence-electron chi connectivity index (χ3n) is 4.60. The number of hydrogen-bond acceptors (Lipinski definition) is 7. The van der Waals surface area contributed by atoms with Gasteiger partial charge >= 0.3 is 0 Å². The molecule has 0 radical (unpaired) electrons. The molecule has 1 atom stereocenters. The Morgan fingerprint density at radius 1 is 1.15 bits per heavy atom. The normalized spacial score (nSPS) is 16.7. The van der Waals surface area contributed by atoms with Crippen molar-refractivity contribution in [2.75, 3.05) is 30.4 Å². The lowest BCUT2D eigenvalue weighted by atomic mass is 10.2. The topological polar surface area (TPSA) is 95.9 Å². The van der Waals surface area contributed by atoms with Crippen molar-refractivity contribution in [1.29, 1.82) is 0 Å². The van der Waals surface area contributed by atoms with Crippen molar-refractivity contribution in [2.45, 2.75) is 40.2 Å². The molecule has 8 nitrogen and oxygen atoms in total. The Morgan fingerprint density at radius 3 is 2.62 bits per heavy atom. The molecule has 0 spiro atoms. The highest BCUT2D eigenvalue weighted by Crippen LogP contribution is 2.25. The van der Waals surface area contributed by atoms with Gasteiger partial charge in [-0.3, -0.25) is 4.79 Å². The Morgan fingerprint density at radius 2 is 1.92 bits per heavy atom. The van der Waals surface area contributed by atoms with Crippen molar-refractivity contribution in [3.05, 3.63) is 34.7 Å². The Hall–Kier alpha value is -2.77. The molecule has 0 saturated carbocycles. The molecule has 2 aromatic heterocycles. The minimum Gasteiger partial charge on any atom is -0.365 e. The van der Waals surface area contributed by atoms with E-state index >= 15 is 0 Å². The fraction of sp³-hybridized carbons (Fsp3) is 0.500. The van der Waals surface area contributed by atoms with E-state index in [9.17, 15) is 4.79 Å². The van der Waals surface area contributed by atoms with Crippen LogP contribution in [0.5, 0.6) is 0 Å². The second kappa shape index (κ2) is 7.23. The molecule has 0 aliphatic carbocycles. The van der Waals surface area contributed by atoms with Crippen molar-refractivity contribution in [2.24, 2.45) is 0 Å². The van der Waals surface area contributed by atoms with Gasteiger partial charge in [-0.25, -0.2) is 19.9 Å². The highest BCUT2D eigenvalue weighted by Gasteiger charge is 2.26. The molecule has 2 aromatic rings.